The third-order valence-electron chi connectivity index (χ3n) is 5.54. The molecule has 0 N–H and O–H groups in total. The molecule has 1 aliphatic carbocycles. The number of nitrogens with zero attached hydrogens (tertiary/aromatic N) is 5. The largest absolute Gasteiger partial charge is 0.462 e. The third-order valence-corrected chi connectivity index (χ3v) is 5.54. The van der Waals surface area contributed by atoms with Crippen molar-refractivity contribution in [2.75, 3.05) is 27.2 Å². The second kappa shape index (κ2) is 9.84. The van der Waals surface area contributed by atoms with E-state index in [4.69, 9.17) is 14.0 Å². The molecule has 0 bridgehead atoms. The number of oxime groups is 1. The molecule has 172 valence electrons. The number of fused-ring (bicyclic) bond motifs is 1. The average molecular weight is 456 g/mol. The number of aryl methyl sites for hydroxylation is 1. The molecule has 3 heterocycles. The van der Waals surface area contributed by atoms with Crippen LogP contribution in [-0.2, 0) is 6.42 Å². The van der Waals surface area contributed by atoms with Gasteiger partial charge >= 0.3 is 6.01 Å². The Morgan fingerprint density at radius 1 is 1.00 bits per heavy atom. The van der Waals surface area contributed by atoms with Crippen molar-refractivity contribution in [3.05, 3.63) is 78.4 Å². The highest BCUT2D eigenvalue weighted by Crippen LogP contribution is 2.38. The van der Waals surface area contributed by atoms with Gasteiger partial charge in [-0.1, -0.05) is 29.4 Å². The normalized spacial score (nSPS) is 13.9. The molecule has 8 heteroatoms. The lowest BCUT2D eigenvalue weighted by Gasteiger charge is -2.09. The Kier molecular flexibility index (Phi) is 6.31. The van der Waals surface area contributed by atoms with Crippen LogP contribution >= 0.6 is 0 Å². The van der Waals surface area contributed by atoms with Crippen molar-refractivity contribution < 1.29 is 14.0 Å². The number of hydrogen-bond acceptors (Lipinski definition) is 8. The molecule has 4 aromatic rings. The summed E-state index contributed by atoms with van der Waals surface area (Å²) < 4.78 is 11.8. The first-order valence-electron chi connectivity index (χ1n) is 11.1. The molecule has 0 saturated carbocycles. The van der Waals surface area contributed by atoms with Crippen molar-refractivity contribution in [2.45, 2.75) is 12.8 Å². The Bertz CT molecular complexity index is 1280. The van der Waals surface area contributed by atoms with Crippen LogP contribution in [0.5, 0.6) is 11.8 Å². The van der Waals surface area contributed by atoms with E-state index in [1.54, 1.807) is 24.8 Å². The summed E-state index contributed by atoms with van der Waals surface area (Å²) in [7, 11) is 3.97. The smallest absolute Gasteiger partial charge is 0.316 e. The first-order chi connectivity index (χ1) is 16.7. The second-order valence-corrected chi connectivity index (χ2v) is 8.23. The minimum atomic E-state index is 0.328. The molecule has 0 radical (unpaired) electrons. The van der Waals surface area contributed by atoms with E-state index < -0.39 is 0 Å². The lowest BCUT2D eigenvalue weighted by atomic mass is 10.1. The molecule has 8 nitrogen and oxygen atoms in total. The quantitative estimate of drug-likeness (QED) is 0.362. The van der Waals surface area contributed by atoms with E-state index >= 15 is 0 Å². The van der Waals surface area contributed by atoms with Gasteiger partial charge in [0.2, 0.25) is 5.75 Å². The fourth-order valence-corrected chi connectivity index (χ4v) is 3.73. The molecular weight excluding hydrogens is 430 g/mol. The topological polar surface area (TPSA) is 85.9 Å². The maximum absolute atomic E-state index is 6.17. The van der Waals surface area contributed by atoms with Gasteiger partial charge in [-0.3, -0.25) is 4.98 Å². The summed E-state index contributed by atoms with van der Waals surface area (Å²) in [4.78, 5) is 20.7. The molecule has 0 fully saturated rings. The summed E-state index contributed by atoms with van der Waals surface area (Å²) in [6, 6.07) is 14.1. The van der Waals surface area contributed by atoms with Gasteiger partial charge in [-0.25, -0.2) is 9.97 Å². The zero-order valence-corrected chi connectivity index (χ0v) is 19.1. The summed E-state index contributed by atoms with van der Waals surface area (Å²) in [5.41, 5.74) is 4.91. The molecule has 0 spiro atoms. The first kappa shape index (κ1) is 21.8. The fourth-order valence-electron chi connectivity index (χ4n) is 3.73. The molecule has 1 aromatic carbocycles. The van der Waals surface area contributed by atoms with E-state index in [1.165, 1.54) is 5.56 Å². The van der Waals surface area contributed by atoms with Crippen LogP contribution in [0.3, 0.4) is 0 Å². The van der Waals surface area contributed by atoms with Crippen LogP contribution < -0.4 is 9.57 Å². The molecule has 1 aliphatic rings. The predicted octanol–water partition coefficient (Wildman–Crippen LogP) is 4.47. The Hall–Kier alpha value is -4.04. The molecule has 0 saturated heterocycles. The van der Waals surface area contributed by atoms with Crippen molar-refractivity contribution in [2.24, 2.45) is 5.16 Å². The van der Waals surface area contributed by atoms with Crippen LogP contribution in [0.15, 0.2) is 76.8 Å². The molecule has 0 unspecified atom stereocenters. The van der Waals surface area contributed by atoms with Gasteiger partial charge in [-0.15, -0.1) is 0 Å². The molecule has 0 aliphatic heterocycles. The summed E-state index contributed by atoms with van der Waals surface area (Å²) in [5.74, 6) is 1.66. The highest BCUT2D eigenvalue weighted by Gasteiger charge is 2.20. The van der Waals surface area contributed by atoms with Crippen LogP contribution in [0.2, 0.25) is 0 Å². The van der Waals surface area contributed by atoms with Gasteiger partial charge in [-0.2, -0.15) is 0 Å². The van der Waals surface area contributed by atoms with Crippen molar-refractivity contribution >= 4 is 5.71 Å². The molecular formula is C26H25N5O3. The number of rotatable bonds is 8. The molecule has 3 aromatic heterocycles. The lowest BCUT2D eigenvalue weighted by molar-refractivity contribution is 0.245. The zero-order valence-electron chi connectivity index (χ0n) is 19.1. The van der Waals surface area contributed by atoms with Crippen LogP contribution in [0.1, 0.15) is 17.5 Å². The zero-order chi connectivity index (χ0) is 23.3. The minimum absolute atomic E-state index is 0.328. The summed E-state index contributed by atoms with van der Waals surface area (Å²) in [6.45, 7) is 1.30. The number of hydrogen-bond donors (Lipinski definition) is 0. The Labute approximate surface area is 197 Å². The monoisotopic (exact) mass is 455 g/mol. The van der Waals surface area contributed by atoms with Gasteiger partial charge in [0.05, 0.1) is 11.3 Å². The van der Waals surface area contributed by atoms with Gasteiger partial charge in [0.1, 0.15) is 12.4 Å². The maximum atomic E-state index is 6.17. The molecule has 0 amide bonds. The van der Waals surface area contributed by atoms with Crippen molar-refractivity contribution in [3.8, 4) is 34.4 Å². The van der Waals surface area contributed by atoms with E-state index in [0.717, 1.165) is 36.2 Å². The molecule has 34 heavy (non-hydrogen) atoms. The number of pyridine rings is 1. The van der Waals surface area contributed by atoms with Crippen LogP contribution in [0, 0.1) is 0 Å². The van der Waals surface area contributed by atoms with Gasteiger partial charge in [0.25, 0.3) is 0 Å². The van der Waals surface area contributed by atoms with Gasteiger partial charge < -0.3 is 18.9 Å². The van der Waals surface area contributed by atoms with Gasteiger partial charge in [0, 0.05) is 48.5 Å². The summed E-state index contributed by atoms with van der Waals surface area (Å²) >= 11 is 0. The van der Waals surface area contributed by atoms with Gasteiger partial charge in [-0.05, 0) is 44.6 Å². The van der Waals surface area contributed by atoms with E-state index in [9.17, 15) is 0 Å². The first-order valence-corrected chi connectivity index (χ1v) is 11.1. The Balaban J connectivity index is 1.41. The predicted molar refractivity (Wildman–Crippen MR) is 129 cm³/mol. The van der Waals surface area contributed by atoms with Crippen LogP contribution in [0.25, 0.3) is 22.6 Å². The third kappa shape index (κ3) is 4.82. The van der Waals surface area contributed by atoms with Crippen molar-refractivity contribution in [3.63, 3.8) is 0 Å². The number of aromatic nitrogens is 3. The van der Waals surface area contributed by atoms with Crippen molar-refractivity contribution in [1.82, 2.24) is 19.9 Å². The summed E-state index contributed by atoms with van der Waals surface area (Å²) in [6.07, 6.45) is 8.59. The maximum Gasteiger partial charge on any atom is 0.316 e. The number of ether oxygens (including phenoxy) is 1. The highest BCUT2D eigenvalue weighted by molar-refractivity contribution is 6.04. The number of benzene rings is 1. The van der Waals surface area contributed by atoms with E-state index in [-0.39, 0.29) is 0 Å². The highest BCUT2D eigenvalue weighted by atomic mass is 16.6. The lowest BCUT2D eigenvalue weighted by Crippen LogP contribution is -2.19. The number of furan rings is 1. The molecule has 0 atom stereocenters. The Morgan fingerprint density at radius 3 is 2.59 bits per heavy atom. The Morgan fingerprint density at radius 2 is 1.79 bits per heavy atom. The van der Waals surface area contributed by atoms with Crippen molar-refractivity contribution in [1.29, 1.82) is 0 Å². The molecule has 5 rings (SSSR count). The van der Waals surface area contributed by atoms with Crippen LogP contribution in [0.4, 0.5) is 0 Å². The van der Waals surface area contributed by atoms with E-state index in [2.05, 4.69) is 32.2 Å². The van der Waals surface area contributed by atoms with Gasteiger partial charge in [0.15, 0.2) is 5.76 Å². The SMILES string of the molecule is CN(C)CCOc1ncc(-c2cc(O/N=C3\CCc4ccccc43)c(-c3ccncc3)o2)cn1. The van der Waals surface area contributed by atoms with E-state index in [0.29, 0.717) is 35.5 Å². The number of likely N-dealkylation sites (N-methyl/N-ethyl adjacent to an activating group) is 1. The average Bonchev–Trinajstić information content (AvgIpc) is 3.48. The van der Waals surface area contributed by atoms with Crippen LogP contribution in [-0.4, -0.2) is 52.8 Å². The fraction of sp³-hybridized carbons (Fsp3) is 0.231. The minimum Gasteiger partial charge on any atom is -0.462 e. The van der Waals surface area contributed by atoms with E-state index in [1.807, 2.05) is 49.3 Å². The summed E-state index contributed by atoms with van der Waals surface area (Å²) in [5, 5.41) is 4.48. The standard InChI is InChI=1S/C26H25N5O3/c1-31(2)13-14-32-26-28-16-20(17-29-26)23-15-24(25(33-23)19-9-11-27-12-10-19)34-30-22-8-7-18-5-3-4-6-21(18)22/h3-6,9-12,15-17H,7-8,13-14H2,1-2H3/b30-22+. The second-order valence-electron chi connectivity index (χ2n) is 8.23.